The Bertz CT molecular complexity index is 848. The number of carbonyl (C=O) groups is 1. The first-order valence-corrected chi connectivity index (χ1v) is 10.0. The number of benzene rings is 1. The van der Waals surface area contributed by atoms with Gasteiger partial charge in [0.2, 0.25) is 0 Å². The van der Waals surface area contributed by atoms with Crippen LogP contribution >= 0.6 is 11.8 Å². The average Bonchev–Trinajstić information content (AvgIpc) is 2.66. The second kappa shape index (κ2) is 9.60. The summed E-state index contributed by atoms with van der Waals surface area (Å²) in [7, 11) is 0. The Morgan fingerprint density at radius 2 is 2.10 bits per heavy atom. The minimum absolute atomic E-state index is 0.0896. The highest BCUT2D eigenvalue weighted by Gasteiger charge is 2.32. The van der Waals surface area contributed by atoms with Crippen LogP contribution < -0.4 is 5.32 Å². The smallest absolute Gasteiger partial charge is 0.376 e. The lowest BCUT2D eigenvalue weighted by Gasteiger charge is -2.31. The van der Waals surface area contributed by atoms with Gasteiger partial charge in [-0.05, 0) is 30.2 Å². The predicted octanol–water partition coefficient (Wildman–Crippen LogP) is 3.84. The molecule has 0 radical (unpaired) electrons. The van der Waals surface area contributed by atoms with E-state index in [0.717, 1.165) is 30.8 Å². The number of aromatic nitrogens is 1. The molecule has 1 unspecified atom stereocenters. The van der Waals surface area contributed by atoms with Crippen LogP contribution in [0.25, 0.3) is 0 Å². The quantitative estimate of drug-likeness (QED) is 0.713. The Morgan fingerprint density at radius 3 is 2.86 bits per heavy atom. The molecule has 0 spiro atoms. The van der Waals surface area contributed by atoms with Crippen molar-refractivity contribution in [3.63, 3.8) is 0 Å². The molecule has 0 aliphatic carbocycles. The Morgan fingerprint density at radius 1 is 1.31 bits per heavy atom. The van der Waals surface area contributed by atoms with Gasteiger partial charge in [-0.25, -0.2) is 4.98 Å². The third-order valence-corrected chi connectivity index (χ3v) is 5.15. The molecule has 1 atom stereocenters. The van der Waals surface area contributed by atoms with Crippen LogP contribution in [-0.2, 0) is 17.8 Å². The first-order valence-electron chi connectivity index (χ1n) is 9.21. The fraction of sp³-hybridized carbons (Fsp3) is 0.400. The molecule has 1 aromatic heterocycles. The molecule has 1 amide bonds. The highest BCUT2D eigenvalue weighted by atomic mass is 32.2. The van der Waals surface area contributed by atoms with Crippen LogP contribution in [0.3, 0.4) is 0 Å². The number of hydrogen-bond donors (Lipinski definition) is 1. The van der Waals surface area contributed by atoms with E-state index < -0.39 is 11.4 Å². The molecule has 9 heteroatoms. The molecule has 1 aliphatic rings. The lowest BCUT2D eigenvalue weighted by atomic mass is 10.1. The van der Waals surface area contributed by atoms with E-state index in [4.69, 9.17) is 4.74 Å². The molecule has 0 bridgehead atoms. The third kappa shape index (κ3) is 6.73. The van der Waals surface area contributed by atoms with Gasteiger partial charge in [-0.3, -0.25) is 9.69 Å². The van der Waals surface area contributed by atoms with Crippen LogP contribution in [0.5, 0.6) is 0 Å². The molecule has 5 nitrogen and oxygen atoms in total. The number of amides is 1. The zero-order chi connectivity index (χ0) is 20.9. The van der Waals surface area contributed by atoms with Gasteiger partial charge in [0.15, 0.2) is 0 Å². The minimum atomic E-state index is -4.51. The van der Waals surface area contributed by atoms with Gasteiger partial charge in [0.1, 0.15) is 5.03 Å². The molecule has 2 heterocycles. The number of pyridine rings is 1. The zero-order valence-corrected chi connectivity index (χ0v) is 16.7. The van der Waals surface area contributed by atoms with E-state index in [2.05, 4.69) is 15.2 Å². The highest BCUT2D eigenvalue weighted by Crippen LogP contribution is 2.37. The van der Waals surface area contributed by atoms with Gasteiger partial charge in [-0.1, -0.05) is 24.3 Å². The van der Waals surface area contributed by atoms with E-state index in [1.807, 2.05) is 31.2 Å². The van der Waals surface area contributed by atoms with Crippen LogP contribution in [0.15, 0.2) is 47.6 Å². The van der Waals surface area contributed by atoms with Gasteiger partial charge >= 0.3 is 5.51 Å². The number of halogens is 3. The molecule has 1 aliphatic heterocycles. The van der Waals surface area contributed by atoms with E-state index in [9.17, 15) is 18.0 Å². The van der Waals surface area contributed by atoms with Crippen molar-refractivity contribution in [3.05, 3.63) is 59.3 Å². The Labute approximate surface area is 171 Å². The number of rotatable bonds is 6. The number of hydrogen-bond acceptors (Lipinski definition) is 5. The molecule has 0 saturated carbocycles. The summed E-state index contributed by atoms with van der Waals surface area (Å²) in [5.74, 6) is -0.586. The average molecular weight is 425 g/mol. The van der Waals surface area contributed by atoms with E-state index >= 15 is 0 Å². The molecule has 29 heavy (non-hydrogen) atoms. The molecular weight excluding hydrogens is 403 g/mol. The molecule has 1 saturated heterocycles. The molecule has 2 aromatic rings. The molecular formula is C20H22F3N3O2S. The van der Waals surface area contributed by atoms with Crippen LogP contribution in [0.2, 0.25) is 0 Å². The van der Waals surface area contributed by atoms with Crippen molar-refractivity contribution in [2.75, 3.05) is 19.7 Å². The zero-order valence-electron chi connectivity index (χ0n) is 15.9. The molecule has 1 aromatic carbocycles. The summed E-state index contributed by atoms with van der Waals surface area (Å²) in [6.45, 7) is 5.48. The minimum Gasteiger partial charge on any atom is -0.376 e. The Balaban J connectivity index is 1.61. The number of nitrogens with zero attached hydrogens (tertiary/aromatic N) is 2. The van der Waals surface area contributed by atoms with Crippen molar-refractivity contribution in [1.29, 1.82) is 0 Å². The topological polar surface area (TPSA) is 54.5 Å². The van der Waals surface area contributed by atoms with Crippen molar-refractivity contribution in [2.45, 2.75) is 36.7 Å². The van der Waals surface area contributed by atoms with Gasteiger partial charge < -0.3 is 10.1 Å². The third-order valence-electron chi connectivity index (χ3n) is 4.40. The highest BCUT2D eigenvalue weighted by molar-refractivity contribution is 8.00. The summed E-state index contributed by atoms with van der Waals surface area (Å²) in [4.78, 5) is 18.4. The largest absolute Gasteiger partial charge is 0.447 e. The van der Waals surface area contributed by atoms with Crippen molar-refractivity contribution >= 4 is 17.7 Å². The fourth-order valence-corrected chi connectivity index (χ4v) is 3.77. The van der Waals surface area contributed by atoms with Gasteiger partial charge in [-0.2, -0.15) is 13.2 Å². The normalized spacial score (nSPS) is 17.9. The van der Waals surface area contributed by atoms with Crippen LogP contribution in [0.1, 0.15) is 28.4 Å². The summed E-state index contributed by atoms with van der Waals surface area (Å²) >= 11 is -0.388. The summed E-state index contributed by atoms with van der Waals surface area (Å²) in [6.07, 6.45) is 1.44. The number of nitrogens with one attached hydrogen (secondary N) is 1. The number of thioether (sulfide) groups is 1. The van der Waals surface area contributed by atoms with Crippen molar-refractivity contribution < 1.29 is 22.7 Å². The maximum Gasteiger partial charge on any atom is 0.447 e. The number of alkyl halides is 3. The second-order valence-electron chi connectivity index (χ2n) is 6.82. The molecule has 1 fully saturated rings. The van der Waals surface area contributed by atoms with E-state index in [0.29, 0.717) is 6.61 Å². The first kappa shape index (κ1) is 21.6. The van der Waals surface area contributed by atoms with E-state index in [1.54, 1.807) is 0 Å². The first-order chi connectivity index (χ1) is 13.8. The van der Waals surface area contributed by atoms with Crippen LogP contribution in [0, 0.1) is 0 Å². The lowest BCUT2D eigenvalue weighted by molar-refractivity contribution is -0.0329. The molecule has 156 valence electrons. The van der Waals surface area contributed by atoms with E-state index in [-0.39, 0.29) is 35.0 Å². The monoisotopic (exact) mass is 425 g/mol. The van der Waals surface area contributed by atoms with Crippen molar-refractivity contribution in [3.8, 4) is 0 Å². The number of morpholine rings is 1. The summed E-state index contributed by atoms with van der Waals surface area (Å²) in [5.41, 5.74) is -2.60. The standard InChI is InChI=1S/C20H22F3N3O2S/c1-14-12-26(8-9-28-14)13-16-5-2-4-15(10-16)11-25-18(27)17-6-3-7-24-19(17)29-20(21,22)23/h2-7,10,14H,8-9,11-13H2,1H3,(H,25,27). The van der Waals surface area contributed by atoms with Gasteiger partial charge in [0.05, 0.1) is 18.3 Å². The SMILES string of the molecule is CC1CN(Cc2cccc(CNC(=O)c3cccnc3SC(F)(F)F)c2)CCO1. The summed E-state index contributed by atoms with van der Waals surface area (Å²) in [6, 6.07) is 10.6. The van der Waals surface area contributed by atoms with Gasteiger partial charge in [0.25, 0.3) is 5.91 Å². The van der Waals surface area contributed by atoms with Gasteiger partial charge in [0, 0.05) is 44.1 Å². The van der Waals surface area contributed by atoms with Crippen LogP contribution in [-0.4, -0.2) is 47.1 Å². The Hall–Kier alpha value is -2.10. The maximum atomic E-state index is 12.7. The second-order valence-corrected chi connectivity index (χ2v) is 7.88. The number of ether oxygens (including phenoxy) is 1. The summed E-state index contributed by atoms with van der Waals surface area (Å²) < 4.78 is 43.6. The van der Waals surface area contributed by atoms with Crippen molar-refractivity contribution in [1.82, 2.24) is 15.2 Å². The van der Waals surface area contributed by atoms with Crippen LogP contribution in [0.4, 0.5) is 13.2 Å². The van der Waals surface area contributed by atoms with Crippen molar-refractivity contribution in [2.24, 2.45) is 0 Å². The number of carbonyl (C=O) groups excluding carboxylic acids is 1. The Kier molecular flexibility index (Phi) is 7.15. The van der Waals surface area contributed by atoms with E-state index in [1.165, 1.54) is 18.3 Å². The summed E-state index contributed by atoms with van der Waals surface area (Å²) in [5, 5.41) is 2.33. The molecule has 3 rings (SSSR count). The van der Waals surface area contributed by atoms with Gasteiger partial charge in [-0.15, -0.1) is 0 Å². The predicted molar refractivity (Wildman–Crippen MR) is 104 cm³/mol. The molecule has 1 N–H and O–H groups in total. The lowest BCUT2D eigenvalue weighted by Crippen LogP contribution is -2.40. The maximum absolute atomic E-state index is 12.7. The fourth-order valence-electron chi connectivity index (χ4n) is 3.16.